The van der Waals surface area contributed by atoms with E-state index >= 15 is 0 Å². The van der Waals surface area contributed by atoms with Crippen molar-refractivity contribution in [3.8, 4) is 0 Å². The summed E-state index contributed by atoms with van der Waals surface area (Å²) in [6.07, 6.45) is 1.72. The van der Waals surface area contributed by atoms with Gasteiger partial charge in [0.05, 0.1) is 6.20 Å². The number of nitrogens with one attached hydrogen (secondary N) is 2. The number of anilines is 4. The average Bonchev–Trinajstić information content (AvgIpc) is 2.85. The maximum atomic E-state index is 4.47. The minimum absolute atomic E-state index is 0.539. The number of nitrogens with zero attached hydrogens (tertiary/aromatic N) is 4. The van der Waals surface area contributed by atoms with E-state index in [0.29, 0.717) is 5.95 Å². The molecule has 0 radical (unpaired) electrons. The van der Waals surface area contributed by atoms with Crippen molar-refractivity contribution in [2.24, 2.45) is 7.05 Å². The lowest BCUT2D eigenvalue weighted by atomic mass is 10.3. The van der Waals surface area contributed by atoms with Crippen molar-refractivity contribution in [3.63, 3.8) is 0 Å². The van der Waals surface area contributed by atoms with Gasteiger partial charge in [-0.05, 0) is 19.1 Å². The molecule has 0 saturated heterocycles. The average molecular weight is 280 g/mol. The molecule has 2 N–H and O–H groups in total. The topological polar surface area (TPSA) is 67.7 Å². The third-order valence-corrected chi connectivity index (χ3v) is 2.96. The summed E-state index contributed by atoms with van der Waals surface area (Å²) in [6, 6.07) is 13.7. The van der Waals surface area contributed by atoms with Crippen LogP contribution in [0.25, 0.3) is 0 Å². The van der Waals surface area contributed by atoms with E-state index in [1.165, 1.54) is 0 Å². The first kappa shape index (κ1) is 13.1. The van der Waals surface area contributed by atoms with Crippen LogP contribution in [-0.2, 0) is 7.05 Å². The number of aryl methyl sites for hydroxylation is 2. The predicted octanol–water partition coefficient (Wildman–Crippen LogP) is 3.01. The molecule has 0 aliphatic heterocycles. The molecular weight excluding hydrogens is 264 g/mol. The number of hydrogen-bond donors (Lipinski definition) is 2. The Morgan fingerprint density at radius 1 is 1.00 bits per heavy atom. The Morgan fingerprint density at radius 3 is 2.52 bits per heavy atom. The summed E-state index contributed by atoms with van der Waals surface area (Å²) in [4.78, 5) is 8.86. The monoisotopic (exact) mass is 280 g/mol. The molecule has 0 spiro atoms. The van der Waals surface area contributed by atoms with Gasteiger partial charge in [-0.1, -0.05) is 18.2 Å². The molecule has 0 atom stereocenters. The van der Waals surface area contributed by atoms with Gasteiger partial charge in [-0.25, -0.2) is 4.98 Å². The highest BCUT2D eigenvalue weighted by atomic mass is 15.3. The normalized spacial score (nSPS) is 10.4. The molecule has 0 unspecified atom stereocenters. The van der Waals surface area contributed by atoms with Gasteiger partial charge in [0.1, 0.15) is 11.6 Å². The fourth-order valence-corrected chi connectivity index (χ4v) is 1.97. The van der Waals surface area contributed by atoms with Gasteiger partial charge in [0.2, 0.25) is 5.95 Å². The standard InChI is InChI=1S/C15H16N6/c1-11-10-13(18-12-6-4-3-5-7-12)19-15(17-11)20-14-8-9-16-21(14)2/h3-10H,1-2H3,(H2,17,18,19,20). The minimum atomic E-state index is 0.539. The highest BCUT2D eigenvalue weighted by Gasteiger charge is 2.05. The molecule has 0 amide bonds. The molecule has 2 aromatic heterocycles. The Hall–Kier alpha value is -2.89. The van der Waals surface area contributed by atoms with Crippen molar-refractivity contribution in [2.75, 3.05) is 10.6 Å². The van der Waals surface area contributed by atoms with Crippen molar-refractivity contribution >= 4 is 23.3 Å². The molecule has 6 nitrogen and oxygen atoms in total. The van der Waals surface area contributed by atoms with Crippen LogP contribution in [0.15, 0.2) is 48.7 Å². The van der Waals surface area contributed by atoms with E-state index in [2.05, 4.69) is 25.7 Å². The Balaban J connectivity index is 1.84. The SMILES string of the molecule is Cc1cc(Nc2ccccc2)nc(Nc2ccnn2C)n1. The van der Waals surface area contributed by atoms with Crippen LogP contribution in [-0.4, -0.2) is 19.7 Å². The van der Waals surface area contributed by atoms with E-state index in [1.54, 1.807) is 10.9 Å². The molecule has 0 fully saturated rings. The Bertz CT molecular complexity index is 735. The van der Waals surface area contributed by atoms with E-state index in [4.69, 9.17) is 0 Å². The molecule has 3 rings (SSSR count). The first-order valence-corrected chi connectivity index (χ1v) is 6.63. The van der Waals surface area contributed by atoms with Crippen molar-refractivity contribution in [1.82, 2.24) is 19.7 Å². The summed E-state index contributed by atoms with van der Waals surface area (Å²) >= 11 is 0. The highest BCUT2D eigenvalue weighted by molar-refractivity contribution is 5.58. The summed E-state index contributed by atoms with van der Waals surface area (Å²) in [5.41, 5.74) is 1.87. The van der Waals surface area contributed by atoms with E-state index < -0.39 is 0 Å². The molecular formula is C15H16N6. The van der Waals surface area contributed by atoms with Crippen LogP contribution in [0.2, 0.25) is 0 Å². The predicted molar refractivity (Wildman–Crippen MR) is 83.0 cm³/mol. The molecule has 3 aromatic rings. The lowest BCUT2D eigenvalue weighted by Gasteiger charge is -2.10. The first-order valence-electron chi connectivity index (χ1n) is 6.63. The van der Waals surface area contributed by atoms with Crippen molar-refractivity contribution in [3.05, 3.63) is 54.4 Å². The molecule has 0 saturated carbocycles. The quantitative estimate of drug-likeness (QED) is 0.769. The van der Waals surface area contributed by atoms with Crippen LogP contribution in [0.4, 0.5) is 23.3 Å². The second-order valence-corrected chi connectivity index (χ2v) is 4.67. The first-order chi connectivity index (χ1) is 10.2. The Labute approximate surface area is 122 Å². The van der Waals surface area contributed by atoms with Crippen LogP contribution in [0.1, 0.15) is 5.69 Å². The van der Waals surface area contributed by atoms with Gasteiger partial charge in [-0.15, -0.1) is 0 Å². The minimum Gasteiger partial charge on any atom is -0.340 e. The Morgan fingerprint density at radius 2 is 1.81 bits per heavy atom. The third kappa shape index (κ3) is 3.17. The Kier molecular flexibility index (Phi) is 3.51. The van der Waals surface area contributed by atoms with Crippen molar-refractivity contribution < 1.29 is 0 Å². The van der Waals surface area contributed by atoms with E-state index in [0.717, 1.165) is 23.0 Å². The molecule has 1 aromatic carbocycles. The fraction of sp³-hybridized carbons (Fsp3) is 0.133. The van der Waals surface area contributed by atoms with Crippen molar-refractivity contribution in [2.45, 2.75) is 6.92 Å². The van der Waals surface area contributed by atoms with Crippen LogP contribution < -0.4 is 10.6 Å². The van der Waals surface area contributed by atoms with Crippen LogP contribution in [0.3, 0.4) is 0 Å². The second kappa shape index (κ2) is 5.62. The van der Waals surface area contributed by atoms with E-state index in [-0.39, 0.29) is 0 Å². The zero-order valence-electron chi connectivity index (χ0n) is 11.9. The highest BCUT2D eigenvalue weighted by Crippen LogP contribution is 2.18. The van der Waals surface area contributed by atoms with E-state index in [1.807, 2.05) is 56.4 Å². The van der Waals surface area contributed by atoms with Crippen LogP contribution in [0, 0.1) is 6.92 Å². The van der Waals surface area contributed by atoms with Gasteiger partial charge in [-0.2, -0.15) is 10.1 Å². The number of para-hydroxylation sites is 1. The number of aromatic nitrogens is 4. The third-order valence-electron chi connectivity index (χ3n) is 2.96. The van der Waals surface area contributed by atoms with Gasteiger partial charge in [0, 0.05) is 30.6 Å². The molecule has 0 aliphatic carbocycles. The zero-order valence-corrected chi connectivity index (χ0v) is 11.9. The summed E-state index contributed by atoms with van der Waals surface area (Å²) in [7, 11) is 1.86. The largest absolute Gasteiger partial charge is 0.340 e. The zero-order chi connectivity index (χ0) is 14.7. The molecule has 6 heteroatoms. The van der Waals surface area contributed by atoms with Gasteiger partial charge < -0.3 is 10.6 Å². The summed E-state index contributed by atoms with van der Waals surface area (Å²) in [5.74, 6) is 2.13. The van der Waals surface area contributed by atoms with Gasteiger partial charge in [-0.3, -0.25) is 4.68 Å². The number of benzene rings is 1. The summed E-state index contributed by atoms with van der Waals surface area (Å²) in [5, 5.41) is 10.5. The molecule has 21 heavy (non-hydrogen) atoms. The summed E-state index contributed by atoms with van der Waals surface area (Å²) < 4.78 is 1.73. The lowest BCUT2D eigenvalue weighted by molar-refractivity contribution is 0.775. The van der Waals surface area contributed by atoms with Crippen molar-refractivity contribution in [1.29, 1.82) is 0 Å². The molecule has 2 heterocycles. The molecule has 0 aliphatic rings. The summed E-state index contributed by atoms with van der Waals surface area (Å²) in [6.45, 7) is 1.94. The maximum Gasteiger partial charge on any atom is 0.230 e. The number of hydrogen-bond acceptors (Lipinski definition) is 5. The maximum absolute atomic E-state index is 4.47. The smallest absolute Gasteiger partial charge is 0.230 e. The fourth-order valence-electron chi connectivity index (χ4n) is 1.97. The van der Waals surface area contributed by atoms with Crippen LogP contribution >= 0.6 is 0 Å². The lowest BCUT2D eigenvalue weighted by Crippen LogP contribution is -2.05. The van der Waals surface area contributed by atoms with Crippen LogP contribution in [0.5, 0.6) is 0 Å². The second-order valence-electron chi connectivity index (χ2n) is 4.67. The number of rotatable bonds is 4. The van der Waals surface area contributed by atoms with Gasteiger partial charge >= 0.3 is 0 Å². The van der Waals surface area contributed by atoms with Gasteiger partial charge in [0.25, 0.3) is 0 Å². The van der Waals surface area contributed by atoms with Gasteiger partial charge in [0.15, 0.2) is 0 Å². The van der Waals surface area contributed by atoms with E-state index in [9.17, 15) is 0 Å². The molecule has 106 valence electrons. The molecule has 0 bridgehead atoms.